The quantitative estimate of drug-likeness (QED) is 0.165. The number of fused-ring (bicyclic) bond motifs is 8. The van der Waals surface area contributed by atoms with E-state index >= 15 is 0 Å². The Kier molecular flexibility index (Phi) is 10.5. The Morgan fingerprint density at radius 2 is 0.909 bits per heavy atom. The van der Waals surface area contributed by atoms with Crippen LogP contribution in [0.1, 0.15) is 22.8 Å². The predicted octanol–water partition coefficient (Wildman–Crippen LogP) is 14.7. The van der Waals surface area contributed by atoms with Crippen molar-refractivity contribution in [3.63, 3.8) is 0 Å². The van der Waals surface area contributed by atoms with Crippen LogP contribution in [0.2, 0.25) is 15.1 Å². The van der Waals surface area contributed by atoms with Crippen LogP contribution in [-0.2, 0) is 17.1 Å². The number of benzene rings is 4. The van der Waals surface area contributed by atoms with Gasteiger partial charge < -0.3 is 4.57 Å². The molecule has 0 aliphatic carbocycles. The summed E-state index contributed by atoms with van der Waals surface area (Å²) >= 11 is 42.2. The van der Waals surface area contributed by atoms with Gasteiger partial charge in [-0.15, -0.1) is 0 Å². The van der Waals surface area contributed by atoms with Gasteiger partial charge in [0.2, 0.25) is 0 Å². The zero-order valence-corrected chi connectivity index (χ0v) is 34.0. The molecular formula is C44H24Cl6MnN4. The van der Waals surface area contributed by atoms with Crippen LogP contribution in [0.15, 0.2) is 133 Å². The van der Waals surface area contributed by atoms with Gasteiger partial charge in [0.1, 0.15) is 5.69 Å². The molecule has 4 aromatic carbocycles. The molecular weight excluding hydrogens is 852 g/mol. The number of halogens is 6. The SMILES string of the molecule is ClC1=C(Cl)c2nc1c(Cl)c1c(Cl)c(Cl)c(cc3nc(cc4c(-c5ccccc5)c(-c5ccccc5)c(c2-c2ccccc2)n4-c2ccccc2)C=C3)n1Cl.[Mn]. The van der Waals surface area contributed by atoms with E-state index in [0.717, 1.165) is 50.1 Å². The summed E-state index contributed by atoms with van der Waals surface area (Å²) in [6.45, 7) is 0. The smallest absolute Gasteiger partial charge is 0.105 e. The minimum absolute atomic E-state index is 0. The molecule has 1 radical (unpaired) electrons. The Hall–Kier alpha value is -4.26. The Morgan fingerprint density at radius 3 is 1.47 bits per heavy atom. The molecule has 7 aromatic rings. The summed E-state index contributed by atoms with van der Waals surface area (Å²) in [5, 5.41) is 0.759. The molecule has 2 aliphatic heterocycles. The topological polar surface area (TPSA) is 35.6 Å². The van der Waals surface area contributed by atoms with Gasteiger partial charge in [0, 0.05) is 51.2 Å². The van der Waals surface area contributed by atoms with E-state index in [-0.39, 0.29) is 53.4 Å². The number of rotatable bonds is 4. The fraction of sp³-hybridized carbons (Fsp3) is 0. The maximum absolute atomic E-state index is 7.33. The van der Waals surface area contributed by atoms with Crippen LogP contribution in [0.5, 0.6) is 0 Å². The van der Waals surface area contributed by atoms with Gasteiger partial charge in [-0.05, 0) is 53.1 Å². The van der Waals surface area contributed by atoms with Crippen molar-refractivity contribution in [3.05, 3.63) is 171 Å². The summed E-state index contributed by atoms with van der Waals surface area (Å²) in [6.07, 6.45) is 3.87. The molecule has 8 bridgehead atoms. The second kappa shape index (κ2) is 15.3. The average molecular weight is 876 g/mol. The standard InChI is InChI=1S/C44H24Cl6N4.Mn/c45-36-32-24-29-22-21-28(51-29)23-31-33(25-13-5-1-6-14-25)34(26-15-7-2-8-16-26)43(53(31)30-19-11-4-12-20-30)35(27-17-9-3-10-18-27)41-37(46)38(47)42(52-41)40(49)44(39(36)48)54(32)50;/h1-24H;. The molecule has 0 saturated carbocycles. The van der Waals surface area contributed by atoms with E-state index < -0.39 is 0 Å². The molecule has 0 fully saturated rings. The molecule has 0 saturated heterocycles. The molecule has 9 rings (SSSR count). The average Bonchev–Trinajstić information content (AvgIpc) is 3.93. The van der Waals surface area contributed by atoms with E-state index in [1.54, 1.807) is 6.07 Å². The van der Waals surface area contributed by atoms with Crippen molar-refractivity contribution < 1.29 is 17.1 Å². The molecule has 269 valence electrons. The van der Waals surface area contributed by atoms with Crippen molar-refractivity contribution in [2.24, 2.45) is 0 Å². The van der Waals surface area contributed by atoms with Gasteiger partial charge in [0.25, 0.3) is 0 Å². The van der Waals surface area contributed by atoms with Crippen molar-refractivity contribution in [3.8, 4) is 39.1 Å². The van der Waals surface area contributed by atoms with Gasteiger partial charge in [-0.3, -0.25) is 0 Å². The summed E-state index contributed by atoms with van der Waals surface area (Å²) in [5.74, 6) is 0. The van der Waals surface area contributed by atoms with Crippen LogP contribution >= 0.6 is 69.8 Å². The van der Waals surface area contributed by atoms with Gasteiger partial charge in [-0.25, -0.2) is 14.1 Å². The summed E-state index contributed by atoms with van der Waals surface area (Å²) in [5.41, 5.74) is 10.7. The Bertz CT molecular complexity index is 2870. The zero-order chi connectivity index (χ0) is 37.1. The predicted molar refractivity (Wildman–Crippen MR) is 230 cm³/mol. The van der Waals surface area contributed by atoms with Gasteiger partial charge in [-0.1, -0.05) is 167 Å². The summed E-state index contributed by atoms with van der Waals surface area (Å²) < 4.78 is 3.55. The first-order valence-electron chi connectivity index (χ1n) is 16.8. The van der Waals surface area contributed by atoms with E-state index in [2.05, 4.69) is 47.0 Å². The Balaban J connectivity index is 0.00000427. The molecule has 3 aromatic heterocycles. The third kappa shape index (κ3) is 6.43. The molecule has 0 unspecified atom stereocenters. The number of hydrogen-bond donors (Lipinski definition) is 0. The first-order chi connectivity index (χ1) is 26.3. The maximum atomic E-state index is 7.33. The van der Waals surface area contributed by atoms with E-state index in [9.17, 15) is 0 Å². The van der Waals surface area contributed by atoms with Gasteiger partial charge >= 0.3 is 0 Å². The van der Waals surface area contributed by atoms with Gasteiger partial charge in [0.15, 0.2) is 0 Å². The summed E-state index contributed by atoms with van der Waals surface area (Å²) in [6, 6.07) is 44.7. The van der Waals surface area contributed by atoms with Gasteiger partial charge in [-0.2, -0.15) is 0 Å². The van der Waals surface area contributed by atoms with Crippen molar-refractivity contribution in [1.29, 1.82) is 0 Å². The Labute approximate surface area is 357 Å². The third-order valence-corrected chi connectivity index (χ3v) is 11.8. The van der Waals surface area contributed by atoms with Crippen molar-refractivity contribution in [1.82, 2.24) is 18.6 Å². The van der Waals surface area contributed by atoms with Crippen LogP contribution in [0.25, 0.3) is 83.4 Å². The fourth-order valence-electron chi connectivity index (χ4n) is 7.07. The maximum Gasteiger partial charge on any atom is 0.105 e. The Morgan fingerprint density at radius 1 is 0.436 bits per heavy atom. The molecule has 55 heavy (non-hydrogen) atoms. The van der Waals surface area contributed by atoms with Crippen molar-refractivity contribution >= 4 is 114 Å². The summed E-state index contributed by atoms with van der Waals surface area (Å²) in [4.78, 5) is 10.2. The fourth-order valence-corrected chi connectivity index (χ4v) is 8.87. The molecule has 11 heteroatoms. The van der Waals surface area contributed by atoms with E-state index in [1.165, 1.54) is 4.09 Å². The molecule has 2 aliphatic rings. The largest absolute Gasteiger partial charge is 0.308 e. The molecule has 0 amide bonds. The van der Waals surface area contributed by atoms with Crippen molar-refractivity contribution in [2.45, 2.75) is 0 Å². The monoisotopic (exact) mass is 873 g/mol. The third-order valence-electron chi connectivity index (χ3n) is 9.42. The second-order valence-electron chi connectivity index (χ2n) is 12.6. The first kappa shape index (κ1) is 37.7. The molecule has 5 heterocycles. The van der Waals surface area contributed by atoms with E-state index in [0.29, 0.717) is 22.6 Å². The van der Waals surface area contributed by atoms with E-state index in [4.69, 9.17) is 79.7 Å². The number of nitrogens with zero attached hydrogens (tertiary/aromatic N) is 4. The van der Waals surface area contributed by atoms with Crippen LogP contribution in [-0.4, -0.2) is 18.6 Å². The van der Waals surface area contributed by atoms with Gasteiger partial charge in [0.05, 0.1) is 64.3 Å². The van der Waals surface area contributed by atoms with Crippen molar-refractivity contribution in [2.75, 3.05) is 0 Å². The summed E-state index contributed by atoms with van der Waals surface area (Å²) in [7, 11) is 0. The number of hydrogen-bond acceptors (Lipinski definition) is 2. The van der Waals surface area contributed by atoms with Crippen LogP contribution in [0.4, 0.5) is 0 Å². The molecule has 0 N–H and O–H groups in total. The van der Waals surface area contributed by atoms with Crippen LogP contribution in [0, 0.1) is 0 Å². The molecule has 0 spiro atoms. The molecule has 4 nitrogen and oxygen atoms in total. The minimum atomic E-state index is 0. The van der Waals surface area contributed by atoms with Crippen LogP contribution < -0.4 is 0 Å². The number of para-hydroxylation sites is 1. The zero-order valence-electron chi connectivity index (χ0n) is 28.3. The van der Waals surface area contributed by atoms with E-state index in [1.807, 2.05) is 97.1 Å². The molecule has 0 atom stereocenters. The number of aromatic nitrogens is 4. The first-order valence-corrected chi connectivity index (χ1v) is 19.1. The van der Waals surface area contributed by atoms with Crippen LogP contribution in [0.3, 0.4) is 0 Å². The minimum Gasteiger partial charge on any atom is -0.308 e. The second-order valence-corrected chi connectivity index (χ2v) is 14.8. The normalized spacial score (nSPS) is 12.3.